The van der Waals surface area contributed by atoms with Crippen molar-refractivity contribution in [2.45, 2.75) is 52.2 Å². The van der Waals surface area contributed by atoms with Crippen molar-refractivity contribution < 1.29 is 9.47 Å². The molecule has 0 aliphatic carbocycles. The number of anilines is 1. The van der Waals surface area contributed by atoms with Crippen LogP contribution in [0.1, 0.15) is 49.6 Å². The zero-order chi connectivity index (χ0) is 21.3. The number of benzene rings is 1. The number of hydrogen-bond acceptors (Lipinski definition) is 6. The monoisotopic (exact) mass is 409 g/mol. The summed E-state index contributed by atoms with van der Waals surface area (Å²) >= 11 is 0. The fourth-order valence-corrected chi connectivity index (χ4v) is 4.21. The second-order valence-electron chi connectivity index (χ2n) is 8.39. The number of hydrogen-bond donors (Lipinski definition) is 1. The number of nitrogen functional groups attached to an aromatic ring is 1. The number of nitrogens with two attached hydrogens (primary N) is 1. The minimum absolute atomic E-state index is 0.104. The summed E-state index contributed by atoms with van der Waals surface area (Å²) in [7, 11) is 1.68. The molecule has 1 aliphatic heterocycles. The van der Waals surface area contributed by atoms with E-state index in [0.717, 1.165) is 61.0 Å². The fourth-order valence-electron chi connectivity index (χ4n) is 4.21. The first kappa shape index (κ1) is 20.5. The van der Waals surface area contributed by atoms with Gasteiger partial charge in [-0.2, -0.15) is 9.61 Å². The summed E-state index contributed by atoms with van der Waals surface area (Å²) in [6.45, 7) is 8.92. The van der Waals surface area contributed by atoms with Crippen LogP contribution in [0.4, 0.5) is 5.82 Å². The maximum absolute atomic E-state index is 6.24. The Morgan fingerprint density at radius 2 is 2.03 bits per heavy atom. The second kappa shape index (κ2) is 8.52. The summed E-state index contributed by atoms with van der Waals surface area (Å²) in [6, 6.07) is 10.2. The number of likely N-dealkylation sites (tertiary alicyclic amines) is 1. The Morgan fingerprint density at radius 1 is 1.20 bits per heavy atom. The normalized spacial score (nSPS) is 17.6. The highest BCUT2D eigenvalue weighted by Crippen LogP contribution is 2.32. The Hall–Kier alpha value is -2.80. The molecule has 4 rings (SSSR count). The Bertz CT molecular complexity index is 1030. The lowest BCUT2D eigenvalue weighted by Gasteiger charge is -2.32. The first-order chi connectivity index (χ1) is 14.4. The molecule has 1 unspecified atom stereocenters. The largest absolute Gasteiger partial charge is 0.493 e. The van der Waals surface area contributed by atoms with Crippen molar-refractivity contribution in [3.63, 3.8) is 0 Å². The van der Waals surface area contributed by atoms with Crippen LogP contribution in [0.5, 0.6) is 11.5 Å². The van der Waals surface area contributed by atoms with E-state index in [-0.39, 0.29) is 6.10 Å². The summed E-state index contributed by atoms with van der Waals surface area (Å²) in [5, 5.41) is 4.41. The Kier molecular flexibility index (Phi) is 5.81. The summed E-state index contributed by atoms with van der Waals surface area (Å²) in [5.41, 5.74) is 10.3. The van der Waals surface area contributed by atoms with Gasteiger partial charge in [-0.15, -0.1) is 0 Å². The van der Waals surface area contributed by atoms with E-state index < -0.39 is 0 Å². The van der Waals surface area contributed by atoms with Gasteiger partial charge < -0.3 is 15.2 Å². The molecule has 30 heavy (non-hydrogen) atoms. The third-order valence-electron chi connectivity index (χ3n) is 5.52. The lowest BCUT2D eigenvalue weighted by atomic mass is 9.94. The predicted octanol–water partition coefficient (Wildman–Crippen LogP) is 3.80. The summed E-state index contributed by atoms with van der Waals surface area (Å²) < 4.78 is 13.1. The molecule has 2 aromatic heterocycles. The van der Waals surface area contributed by atoms with Gasteiger partial charge >= 0.3 is 0 Å². The van der Waals surface area contributed by atoms with Crippen LogP contribution in [-0.2, 0) is 6.54 Å². The first-order valence-corrected chi connectivity index (χ1v) is 10.6. The van der Waals surface area contributed by atoms with Crippen LogP contribution < -0.4 is 15.2 Å². The number of fused-ring (bicyclic) bond motifs is 1. The molecular weight excluding hydrogens is 378 g/mol. The molecule has 1 fully saturated rings. The van der Waals surface area contributed by atoms with E-state index >= 15 is 0 Å². The molecular formula is C23H31N5O2. The average Bonchev–Trinajstić information content (AvgIpc) is 3.09. The maximum atomic E-state index is 6.24. The molecule has 3 aromatic rings. The van der Waals surface area contributed by atoms with Gasteiger partial charge in [-0.05, 0) is 57.9 Å². The van der Waals surface area contributed by atoms with E-state index in [0.29, 0.717) is 11.7 Å². The second-order valence-corrected chi connectivity index (χ2v) is 8.39. The maximum Gasteiger partial charge on any atom is 0.161 e. The Morgan fingerprint density at radius 3 is 2.80 bits per heavy atom. The van der Waals surface area contributed by atoms with Crippen LogP contribution in [0, 0.1) is 6.92 Å². The van der Waals surface area contributed by atoms with Crippen LogP contribution in [0.2, 0.25) is 0 Å². The molecule has 1 saturated heterocycles. The van der Waals surface area contributed by atoms with Crippen molar-refractivity contribution in [2.24, 2.45) is 0 Å². The van der Waals surface area contributed by atoms with Gasteiger partial charge in [0.25, 0.3) is 0 Å². The minimum atomic E-state index is 0.104. The molecule has 1 aromatic carbocycles. The molecule has 1 atom stereocenters. The van der Waals surface area contributed by atoms with Crippen LogP contribution >= 0.6 is 0 Å². The molecule has 1 aliphatic rings. The van der Waals surface area contributed by atoms with Crippen molar-refractivity contribution in [3.8, 4) is 11.5 Å². The van der Waals surface area contributed by atoms with E-state index in [1.165, 1.54) is 5.56 Å². The number of nitrogens with zero attached hydrogens (tertiary/aromatic N) is 4. The van der Waals surface area contributed by atoms with E-state index in [1.54, 1.807) is 11.6 Å². The third kappa shape index (κ3) is 4.36. The van der Waals surface area contributed by atoms with Crippen molar-refractivity contribution in [3.05, 3.63) is 47.3 Å². The zero-order valence-electron chi connectivity index (χ0n) is 18.3. The SMILES string of the molecule is COc1ccc(CN2CCCC(c3cc(N)n4nc(C)cc4n3)C2)cc1OC(C)C. The van der Waals surface area contributed by atoms with Gasteiger partial charge in [0.15, 0.2) is 17.1 Å². The summed E-state index contributed by atoms with van der Waals surface area (Å²) in [5.74, 6) is 2.58. The molecule has 7 heteroatoms. The number of piperidine rings is 1. The average molecular weight is 410 g/mol. The standard InChI is InChI=1S/C23H31N5O2/c1-15(2)30-21-11-17(7-8-20(21)29-4)13-27-9-5-6-18(14-27)19-12-22(24)28-23(25-19)10-16(3)26-28/h7-8,10-12,15,18H,5-6,9,13-14,24H2,1-4H3. The van der Waals surface area contributed by atoms with Gasteiger partial charge in [-0.25, -0.2) is 4.98 Å². The highest BCUT2D eigenvalue weighted by Gasteiger charge is 2.24. The van der Waals surface area contributed by atoms with Crippen LogP contribution in [0.15, 0.2) is 30.3 Å². The quantitative estimate of drug-likeness (QED) is 0.667. The first-order valence-electron chi connectivity index (χ1n) is 10.6. The smallest absolute Gasteiger partial charge is 0.161 e. The Labute approximate surface area is 177 Å². The minimum Gasteiger partial charge on any atom is -0.493 e. The molecule has 0 radical (unpaired) electrons. The zero-order valence-corrected chi connectivity index (χ0v) is 18.3. The lowest BCUT2D eigenvalue weighted by molar-refractivity contribution is 0.197. The summed E-state index contributed by atoms with van der Waals surface area (Å²) in [4.78, 5) is 7.33. The van der Waals surface area contributed by atoms with Gasteiger partial charge in [0.2, 0.25) is 0 Å². The number of methoxy groups -OCH3 is 1. The number of aromatic nitrogens is 3. The predicted molar refractivity (Wildman–Crippen MR) is 118 cm³/mol. The van der Waals surface area contributed by atoms with E-state index in [1.807, 2.05) is 39.0 Å². The molecule has 3 heterocycles. The number of aryl methyl sites for hydroxylation is 1. The molecule has 0 saturated carbocycles. The van der Waals surface area contributed by atoms with Crippen molar-refractivity contribution in [1.29, 1.82) is 0 Å². The number of ether oxygens (including phenoxy) is 2. The van der Waals surface area contributed by atoms with Gasteiger partial charge in [0, 0.05) is 31.1 Å². The molecule has 0 amide bonds. The third-order valence-corrected chi connectivity index (χ3v) is 5.52. The highest BCUT2D eigenvalue weighted by atomic mass is 16.5. The van der Waals surface area contributed by atoms with Crippen LogP contribution in [-0.4, -0.2) is 45.8 Å². The highest BCUT2D eigenvalue weighted by molar-refractivity contribution is 5.49. The van der Waals surface area contributed by atoms with Crippen LogP contribution in [0.3, 0.4) is 0 Å². The van der Waals surface area contributed by atoms with Crippen molar-refractivity contribution in [1.82, 2.24) is 19.5 Å². The van der Waals surface area contributed by atoms with E-state index in [4.69, 9.17) is 20.2 Å². The van der Waals surface area contributed by atoms with Gasteiger partial charge in [0.1, 0.15) is 5.82 Å². The van der Waals surface area contributed by atoms with E-state index in [2.05, 4.69) is 22.1 Å². The van der Waals surface area contributed by atoms with Gasteiger partial charge in [-0.3, -0.25) is 4.90 Å². The molecule has 0 bridgehead atoms. The lowest BCUT2D eigenvalue weighted by Crippen LogP contribution is -2.34. The topological polar surface area (TPSA) is 77.9 Å². The molecule has 160 valence electrons. The van der Waals surface area contributed by atoms with E-state index in [9.17, 15) is 0 Å². The molecule has 7 nitrogen and oxygen atoms in total. The summed E-state index contributed by atoms with van der Waals surface area (Å²) in [6.07, 6.45) is 2.37. The molecule has 2 N–H and O–H groups in total. The Balaban J connectivity index is 1.51. The molecule has 0 spiro atoms. The fraction of sp³-hybridized carbons (Fsp3) is 0.478. The van der Waals surface area contributed by atoms with Gasteiger partial charge in [-0.1, -0.05) is 6.07 Å². The number of rotatable bonds is 6. The van der Waals surface area contributed by atoms with Crippen molar-refractivity contribution >= 4 is 11.5 Å². The van der Waals surface area contributed by atoms with Gasteiger partial charge in [0.05, 0.1) is 24.6 Å². The van der Waals surface area contributed by atoms with Crippen LogP contribution in [0.25, 0.3) is 5.65 Å². The van der Waals surface area contributed by atoms with Crippen molar-refractivity contribution in [2.75, 3.05) is 25.9 Å².